The number of imidazole rings is 1. The van der Waals surface area contributed by atoms with Gasteiger partial charge >= 0.3 is 12.1 Å². The number of benzene rings is 1. The number of aliphatic carboxylic acids is 1. The molecule has 0 fully saturated rings. The average molecular weight is 437 g/mol. The van der Waals surface area contributed by atoms with Gasteiger partial charge in [-0.1, -0.05) is 13.0 Å². The number of alkyl halides is 3. The van der Waals surface area contributed by atoms with Crippen molar-refractivity contribution in [2.24, 2.45) is 0 Å². The quantitative estimate of drug-likeness (QED) is 0.567. The third-order valence-electron chi connectivity index (χ3n) is 4.38. The zero-order valence-corrected chi connectivity index (χ0v) is 17.1. The van der Waals surface area contributed by atoms with Crippen molar-refractivity contribution < 1.29 is 27.9 Å². The van der Waals surface area contributed by atoms with Crippen LogP contribution in [0.5, 0.6) is 0 Å². The summed E-state index contributed by atoms with van der Waals surface area (Å²) in [7, 11) is 0. The predicted octanol–water partition coefficient (Wildman–Crippen LogP) is 3.34. The van der Waals surface area contributed by atoms with Crippen LogP contribution in [0.1, 0.15) is 39.9 Å². The van der Waals surface area contributed by atoms with Gasteiger partial charge < -0.3 is 15.4 Å². The molecule has 0 radical (unpaired) electrons. The molecule has 31 heavy (non-hydrogen) atoms. The highest BCUT2D eigenvalue weighted by Gasteiger charge is 2.38. The van der Waals surface area contributed by atoms with Crippen molar-refractivity contribution in [3.63, 3.8) is 0 Å². The number of carboxylic acid groups (broad SMARTS) is 1. The lowest BCUT2D eigenvalue weighted by atomic mass is 10.1. The van der Waals surface area contributed by atoms with Crippen LogP contribution in [0.4, 0.5) is 13.2 Å². The fourth-order valence-corrected chi connectivity index (χ4v) is 2.88. The highest BCUT2D eigenvalue weighted by molar-refractivity contribution is 5.94. The Morgan fingerprint density at radius 2 is 1.94 bits per heavy atom. The van der Waals surface area contributed by atoms with E-state index in [1.54, 1.807) is 18.6 Å². The maximum Gasteiger partial charge on any atom is 0.490 e. The number of carbonyl (C=O) groups excluding carboxylic acids is 1. The molecule has 3 rings (SSSR count). The van der Waals surface area contributed by atoms with Crippen molar-refractivity contribution >= 4 is 11.9 Å². The maximum absolute atomic E-state index is 12.4. The number of aromatic amines is 1. The van der Waals surface area contributed by atoms with Crippen molar-refractivity contribution in [3.05, 3.63) is 65.0 Å². The molecule has 3 aromatic rings. The second-order valence-electron chi connectivity index (χ2n) is 6.53. The van der Waals surface area contributed by atoms with Gasteiger partial charge in [0.2, 0.25) is 0 Å². The molecule has 0 aliphatic heterocycles. The fourth-order valence-electron chi connectivity index (χ4n) is 2.88. The van der Waals surface area contributed by atoms with Crippen molar-refractivity contribution in [1.82, 2.24) is 25.1 Å². The summed E-state index contributed by atoms with van der Waals surface area (Å²) in [6.45, 7) is 6.62. The summed E-state index contributed by atoms with van der Waals surface area (Å²) in [6, 6.07) is 7.51. The first-order valence-corrected chi connectivity index (χ1v) is 9.25. The Kier molecular flexibility index (Phi) is 7.56. The van der Waals surface area contributed by atoms with Gasteiger partial charge in [-0.25, -0.2) is 14.5 Å². The van der Waals surface area contributed by atoms with Gasteiger partial charge in [0.25, 0.3) is 5.91 Å². The van der Waals surface area contributed by atoms with Crippen molar-refractivity contribution in [1.29, 1.82) is 0 Å². The summed E-state index contributed by atoms with van der Waals surface area (Å²) in [5.41, 5.74) is 5.77. The number of halogens is 3. The standard InChI is InChI=1S/C18H21N5O.C2HF3O2/c1-4-17-12(2)22-23(13(17)3)16-7-5-6-14(8-16)18(24)20-10-15-9-19-11-21-15;3-2(4,5)1(6)7/h5-9,11H,4,10H2,1-3H3,(H,19,21)(H,20,24);(H,6,7). The van der Waals surface area contributed by atoms with Crippen molar-refractivity contribution in [3.8, 4) is 5.69 Å². The molecule has 0 aliphatic rings. The summed E-state index contributed by atoms with van der Waals surface area (Å²) in [5, 5.41) is 14.6. The minimum Gasteiger partial charge on any atom is -0.475 e. The lowest BCUT2D eigenvalue weighted by Crippen LogP contribution is -2.23. The van der Waals surface area contributed by atoms with Crippen LogP contribution < -0.4 is 5.32 Å². The number of carbonyl (C=O) groups is 2. The van der Waals surface area contributed by atoms with Gasteiger partial charge in [-0.3, -0.25) is 4.79 Å². The van der Waals surface area contributed by atoms with E-state index in [0.29, 0.717) is 12.1 Å². The van der Waals surface area contributed by atoms with E-state index in [2.05, 4.69) is 34.2 Å². The predicted molar refractivity (Wildman–Crippen MR) is 106 cm³/mol. The lowest BCUT2D eigenvalue weighted by Gasteiger charge is -2.08. The first-order valence-electron chi connectivity index (χ1n) is 9.25. The molecule has 0 aliphatic carbocycles. The van der Waals surface area contributed by atoms with Crippen LogP contribution in [0.15, 0.2) is 36.8 Å². The largest absolute Gasteiger partial charge is 0.490 e. The lowest BCUT2D eigenvalue weighted by molar-refractivity contribution is -0.192. The van der Waals surface area contributed by atoms with E-state index in [1.165, 1.54) is 5.56 Å². The van der Waals surface area contributed by atoms with Crippen LogP contribution in [-0.4, -0.2) is 42.9 Å². The molecule has 2 heterocycles. The smallest absolute Gasteiger partial charge is 0.475 e. The van der Waals surface area contributed by atoms with Crippen molar-refractivity contribution in [2.75, 3.05) is 0 Å². The van der Waals surface area contributed by atoms with Crippen LogP contribution >= 0.6 is 0 Å². The molecule has 0 saturated heterocycles. The molecular formula is C20H22F3N5O3. The van der Waals surface area contributed by atoms with E-state index in [0.717, 1.165) is 29.2 Å². The van der Waals surface area contributed by atoms with E-state index >= 15 is 0 Å². The Labute approximate surface area is 176 Å². The number of hydrogen-bond acceptors (Lipinski definition) is 4. The SMILES string of the molecule is CCc1c(C)nn(-c2cccc(C(=O)NCc3cnc[nH]3)c2)c1C.O=C(O)C(F)(F)F. The molecule has 0 atom stereocenters. The second kappa shape index (κ2) is 9.92. The summed E-state index contributed by atoms with van der Waals surface area (Å²) in [5.74, 6) is -2.88. The third kappa shape index (κ3) is 6.17. The minimum atomic E-state index is -5.08. The number of H-pyrrole nitrogens is 1. The van der Waals surface area contributed by atoms with Gasteiger partial charge in [0, 0.05) is 17.5 Å². The molecule has 2 aromatic heterocycles. The first kappa shape index (κ1) is 23.6. The van der Waals surface area contributed by atoms with Crippen molar-refractivity contribution in [2.45, 2.75) is 39.9 Å². The first-order chi connectivity index (χ1) is 14.5. The molecule has 1 amide bonds. The number of aryl methyl sites for hydroxylation is 1. The summed E-state index contributed by atoms with van der Waals surface area (Å²) in [4.78, 5) is 28.2. The Bertz CT molecular complexity index is 1040. The minimum absolute atomic E-state index is 0.122. The highest BCUT2D eigenvalue weighted by atomic mass is 19.4. The molecule has 3 N–H and O–H groups in total. The maximum atomic E-state index is 12.4. The summed E-state index contributed by atoms with van der Waals surface area (Å²) in [6.07, 6.45) is -0.850. The zero-order valence-electron chi connectivity index (χ0n) is 17.1. The Hall–Kier alpha value is -3.63. The Balaban J connectivity index is 0.000000423. The number of nitrogens with one attached hydrogen (secondary N) is 2. The van der Waals surface area contributed by atoms with Crippen LogP contribution in [0, 0.1) is 13.8 Å². The normalized spacial score (nSPS) is 10.9. The molecule has 11 heteroatoms. The van der Waals surface area contributed by atoms with Crippen LogP contribution in [0.3, 0.4) is 0 Å². The van der Waals surface area contributed by atoms with Crippen LogP contribution in [0.25, 0.3) is 5.69 Å². The molecule has 1 aromatic carbocycles. The van der Waals surface area contributed by atoms with E-state index in [1.807, 2.05) is 29.8 Å². The molecular weight excluding hydrogens is 415 g/mol. The molecule has 8 nitrogen and oxygen atoms in total. The summed E-state index contributed by atoms with van der Waals surface area (Å²) >= 11 is 0. The number of rotatable bonds is 5. The van der Waals surface area contributed by atoms with Gasteiger partial charge in [-0.15, -0.1) is 0 Å². The van der Waals surface area contributed by atoms with Gasteiger partial charge in [0.15, 0.2) is 0 Å². The average Bonchev–Trinajstić information content (AvgIpc) is 3.33. The number of carboxylic acids is 1. The van der Waals surface area contributed by atoms with Crippen LogP contribution in [-0.2, 0) is 17.8 Å². The van der Waals surface area contributed by atoms with E-state index < -0.39 is 12.1 Å². The molecule has 0 unspecified atom stereocenters. The Morgan fingerprint density at radius 3 is 2.45 bits per heavy atom. The van der Waals surface area contributed by atoms with Gasteiger partial charge in [0.05, 0.1) is 29.9 Å². The van der Waals surface area contributed by atoms with Gasteiger partial charge in [-0.05, 0) is 44.0 Å². The van der Waals surface area contributed by atoms with Crippen LogP contribution in [0.2, 0.25) is 0 Å². The van der Waals surface area contributed by atoms with Gasteiger partial charge in [-0.2, -0.15) is 18.3 Å². The van der Waals surface area contributed by atoms with E-state index in [9.17, 15) is 18.0 Å². The zero-order chi connectivity index (χ0) is 23.2. The third-order valence-corrected chi connectivity index (χ3v) is 4.38. The topological polar surface area (TPSA) is 113 Å². The monoisotopic (exact) mass is 437 g/mol. The fraction of sp³-hybridized carbons (Fsp3) is 0.300. The van der Waals surface area contributed by atoms with E-state index in [-0.39, 0.29) is 5.91 Å². The second-order valence-corrected chi connectivity index (χ2v) is 6.53. The molecule has 0 spiro atoms. The van der Waals surface area contributed by atoms with E-state index in [4.69, 9.17) is 9.90 Å². The number of nitrogens with zero attached hydrogens (tertiary/aromatic N) is 3. The number of hydrogen-bond donors (Lipinski definition) is 3. The highest BCUT2D eigenvalue weighted by Crippen LogP contribution is 2.19. The molecule has 166 valence electrons. The molecule has 0 saturated carbocycles. The van der Waals surface area contributed by atoms with Gasteiger partial charge in [0.1, 0.15) is 0 Å². The summed E-state index contributed by atoms with van der Waals surface area (Å²) < 4.78 is 33.6. The number of aromatic nitrogens is 4. The number of amides is 1. The Morgan fingerprint density at radius 1 is 1.26 bits per heavy atom. The molecule has 0 bridgehead atoms.